The Labute approximate surface area is 81.9 Å². The molecule has 1 N–H and O–H groups in total. The molecule has 0 aliphatic carbocycles. The van der Waals surface area contributed by atoms with Crippen molar-refractivity contribution in [2.45, 2.75) is 71.2 Å². The molecule has 0 radical (unpaired) electrons. The van der Waals surface area contributed by atoms with Gasteiger partial charge in [0, 0.05) is 11.1 Å². The number of likely N-dealkylation sites (tertiary alicyclic amines) is 1. The van der Waals surface area contributed by atoms with Crippen LogP contribution in [0.1, 0.15) is 53.9 Å². The monoisotopic (exact) mass is 185 g/mol. The van der Waals surface area contributed by atoms with Crippen molar-refractivity contribution >= 4 is 0 Å². The average molecular weight is 185 g/mol. The Bertz CT molecular complexity index is 169. The predicted octanol–water partition coefficient (Wildman–Crippen LogP) is 2.37. The first-order valence-electron chi connectivity index (χ1n) is 5.25. The van der Waals surface area contributed by atoms with Gasteiger partial charge in [-0.25, -0.2) is 0 Å². The summed E-state index contributed by atoms with van der Waals surface area (Å²) in [5.41, 5.74) is 0.270. The minimum Gasteiger partial charge on any atom is -0.379 e. The normalized spacial score (nSPS) is 30.0. The molecule has 1 atom stereocenters. The van der Waals surface area contributed by atoms with Gasteiger partial charge in [0.25, 0.3) is 0 Å². The van der Waals surface area contributed by atoms with Crippen LogP contribution < -0.4 is 0 Å². The molecule has 1 rings (SSSR count). The van der Waals surface area contributed by atoms with Crippen molar-refractivity contribution in [3.8, 4) is 0 Å². The lowest BCUT2D eigenvalue weighted by molar-refractivity contribution is -0.130. The lowest BCUT2D eigenvalue weighted by Crippen LogP contribution is -2.61. The maximum atomic E-state index is 9.77. The molecule has 1 heterocycles. The fraction of sp³-hybridized carbons (Fsp3) is 1.00. The number of piperidine rings is 1. The molecule has 0 aromatic carbocycles. The van der Waals surface area contributed by atoms with E-state index < -0.39 is 0 Å². The maximum Gasteiger partial charge on any atom is 0.105 e. The number of aliphatic hydroxyl groups excluding tert-OH is 1. The Morgan fingerprint density at radius 3 is 1.69 bits per heavy atom. The summed E-state index contributed by atoms with van der Waals surface area (Å²) in [6.45, 7) is 10.8. The van der Waals surface area contributed by atoms with Gasteiger partial charge >= 0.3 is 0 Å². The third kappa shape index (κ3) is 2.05. The summed E-state index contributed by atoms with van der Waals surface area (Å²) in [6, 6.07) is 0. The number of aliphatic hydroxyl groups is 1. The van der Waals surface area contributed by atoms with Crippen LogP contribution in [0, 0.1) is 0 Å². The molecular weight excluding hydrogens is 162 g/mol. The molecule has 78 valence electrons. The Morgan fingerprint density at radius 1 is 1.08 bits per heavy atom. The van der Waals surface area contributed by atoms with E-state index in [9.17, 15) is 5.11 Å². The molecule has 2 nitrogen and oxygen atoms in total. The van der Waals surface area contributed by atoms with Crippen molar-refractivity contribution in [2.75, 3.05) is 0 Å². The van der Waals surface area contributed by atoms with Crippen LogP contribution >= 0.6 is 0 Å². The summed E-state index contributed by atoms with van der Waals surface area (Å²) >= 11 is 0. The molecule has 0 bridgehead atoms. The summed E-state index contributed by atoms with van der Waals surface area (Å²) in [5, 5.41) is 9.77. The Morgan fingerprint density at radius 2 is 1.46 bits per heavy atom. The van der Waals surface area contributed by atoms with Gasteiger partial charge in [0.15, 0.2) is 0 Å². The maximum absolute atomic E-state index is 9.77. The Hall–Kier alpha value is -0.0800. The minimum atomic E-state index is -0.342. The van der Waals surface area contributed by atoms with E-state index in [-0.39, 0.29) is 17.3 Å². The van der Waals surface area contributed by atoms with Crippen LogP contribution in [0.5, 0.6) is 0 Å². The quantitative estimate of drug-likeness (QED) is 0.678. The van der Waals surface area contributed by atoms with Crippen molar-refractivity contribution in [1.29, 1.82) is 0 Å². The first kappa shape index (κ1) is 11.0. The van der Waals surface area contributed by atoms with Crippen molar-refractivity contribution in [3.63, 3.8) is 0 Å². The largest absolute Gasteiger partial charge is 0.379 e. The van der Waals surface area contributed by atoms with Gasteiger partial charge in [0.1, 0.15) is 6.23 Å². The molecular formula is C11H23NO. The highest BCUT2D eigenvalue weighted by Gasteiger charge is 2.43. The molecule has 0 aromatic heterocycles. The van der Waals surface area contributed by atoms with Crippen LogP contribution in [0.2, 0.25) is 0 Å². The number of hydrogen-bond acceptors (Lipinski definition) is 2. The molecule has 1 saturated heterocycles. The molecule has 0 amide bonds. The fourth-order valence-corrected chi connectivity index (χ4v) is 3.03. The third-order valence-electron chi connectivity index (χ3n) is 3.26. The molecule has 1 fully saturated rings. The molecule has 0 saturated carbocycles. The van der Waals surface area contributed by atoms with Crippen LogP contribution in [-0.4, -0.2) is 27.3 Å². The summed E-state index contributed by atoms with van der Waals surface area (Å²) in [4.78, 5) is 2.24. The molecule has 1 unspecified atom stereocenters. The van der Waals surface area contributed by atoms with Crippen LogP contribution in [0.3, 0.4) is 0 Å². The van der Waals surface area contributed by atoms with E-state index in [4.69, 9.17) is 0 Å². The van der Waals surface area contributed by atoms with E-state index in [1.165, 1.54) is 19.3 Å². The third-order valence-corrected chi connectivity index (χ3v) is 3.26. The fourth-order valence-electron chi connectivity index (χ4n) is 3.03. The van der Waals surface area contributed by atoms with E-state index in [0.717, 1.165) is 0 Å². The first-order chi connectivity index (χ1) is 5.77. The number of rotatable bonds is 1. The molecule has 0 aromatic rings. The van der Waals surface area contributed by atoms with Crippen molar-refractivity contribution in [3.05, 3.63) is 0 Å². The standard InChI is InChI=1S/C11H23NO/c1-9(13)12-10(2,3)7-6-8-11(12,4)5/h9,13H,6-8H2,1-5H3. The second-order valence-electron chi connectivity index (χ2n) is 5.48. The number of nitrogens with zero attached hydrogens (tertiary/aromatic N) is 1. The van der Waals surface area contributed by atoms with E-state index in [1.54, 1.807) is 0 Å². The zero-order valence-electron chi connectivity index (χ0n) is 9.59. The van der Waals surface area contributed by atoms with Crippen molar-refractivity contribution in [2.24, 2.45) is 0 Å². The summed E-state index contributed by atoms with van der Waals surface area (Å²) in [5.74, 6) is 0. The molecule has 0 spiro atoms. The van der Waals surface area contributed by atoms with Gasteiger partial charge < -0.3 is 5.11 Å². The summed E-state index contributed by atoms with van der Waals surface area (Å²) in [6.07, 6.45) is 3.29. The van der Waals surface area contributed by atoms with Gasteiger partial charge in [-0.05, 0) is 53.9 Å². The van der Waals surface area contributed by atoms with E-state index >= 15 is 0 Å². The van der Waals surface area contributed by atoms with Gasteiger partial charge in [-0.2, -0.15) is 0 Å². The predicted molar refractivity (Wildman–Crippen MR) is 55.5 cm³/mol. The Balaban J connectivity index is 2.91. The van der Waals surface area contributed by atoms with Crippen molar-refractivity contribution in [1.82, 2.24) is 4.90 Å². The second-order valence-corrected chi connectivity index (χ2v) is 5.48. The highest BCUT2D eigenvalue weighted by Crippen LogP contribution is 2.39. The summed E-state index contributed by atoms with van der Waals surface area (Å²) in [7, 11) is 0. The topological polar surface area (TPSA) is 23.5 Å². The van der Waals surface area contributed by atoms with Crippen LogP contribution in [0.25, 0.3) is 0 Å². The van der Waals surface area contributed by atoms with Crippen LogP contribution in [0.15, 0.2) is 0 Å². The number of hydrogen-bond donors (Lipinski definition) is 1. The van der Waals surface area contributed by atoms with Gasteiger partial charge in [-0.15, -0.1) is 0 Å². The van der Waals surface area contributed by atoms with Gasteiger partial charge in [0.05, 0.1) is 0 Å². The van der Waals surface area contributed by atoms with Gasteiger partial charge in [0.2, 0.25) is 0 Å². The van der Waals surface area contributed by atoms with E-state index in [1.807, 2.05) is 6.92 Å². The van der Waals surface area contributed by atoms with Gasteiger partial charge in [-0.3, -0.25) is 4.90 Å². The minimum absolute atomic E-state index is 0.135. The zero-order valence-corrected chi connectivity index (χ0v) is 9.59. The first-order valence-corrected chi connectivity index (χ1v) is 5.25. The molecule has 2 heteroatoms. The second kappa shape index (κ2) is 3.25. The molecule has 13 heavy (non-hydrogen) atoms. The average Bonchev–Trinajstić information content (AvgIpc) is 1.79. The van der Waals surface area contributed by atoms with E-state index in [0.29, 0.717) is 0 Å². The van der Waals surface area contributed by atoms with E-state index in [2.05, 4.69) is 32.6 Å². The smallest absolute Gasteiger partial charge is 0.105 e. The van der Waals surface area contributed by atoms with Crippen LogP contribution in [0.4, 0.5) is 0 Å². The molecule has 1 aliphatic heterocycles. The van der Waals surface area contributed by atoms with Crippen molar-refractivity contribution < 1.29 is 5.11 Å². The lowest BCUT2D eigenvalue weighted by atomic mass is 9.79. The highest BCUT2D eigenvalue weighted by molar-refractivity contribution is 4.97. The van der Waals surface area contributed by atoms with Crippen LogP contribution in [-0.2, 0) is 0 Å². The lowest BCUT2D eigenvalue weighted by Gasteiger charge is -2.54. The molecule has 1 aliphatic rings. The zero-order chi connectivity index (χ0) is 10.3. The SMILES string of the molecule is CC(O)N1C(C)(C)CCCC1(C)C. The van der Waals surface area contributed by atoms with Gasteiger partial charge in [-0.1, -0.05) is 0 Å². The summed E-state index contributed by atoms with van der Waals surface area (Å²) < 4.78 is 0. The highest BCUT2D eigenvalue weighted by atomic mass is 16.3. The Kier molecular flexibility index (Phi) is 2.75.